The van der Waals surface area contributed by atoms with Crippen molar-refractivity contribution >= 4 is 0 Å². The first-order valence-electron chi connectivity index (χ1n) is 7.79. The summed E-state index contributed by atoms with van der Waals surface area (Å²) in [5.41, 5.74) is 1.33. The van der Waals surface area contributed by atoms with Crippen LogP contribution >= 0.6 is 0 Å². The van der Waals surface area contributed by atoms with Gasteiger partial charge in [-0.05, 0) is 37.8 Å². The van der Waals surface area contributed by atoms with Gasteiger partial charge in [0.1, 0.15) is 11.9 Å². The number of para-hydroxylation sites is 1. The second-order valence-corrected chi connectivity index (χ2v) is 5.51. The van der Waals surface area contributed by atoms with Gasteiger partial charge in [-0.1, -0.05) is 39.0 Å². The van der Waals surface area contributed by atoms with Crippen LogP contribution in [0.2, 0.25) is 0 Å². The van der Waals surface area contributed by atoms with E-state index in [9.17, 15) is 0 Å². The summed E-state index contributed by atoms with van der Waals surface area (Å²) < 4.78 is 6.25. The number of nitrogens with one attached hydrogen (secondary N) is 1. The molecule has 1 heterocycles. The van der Waals surface area contributed by atoms with E-state index in [1.165, 1.54) is 24.8 Å². The Balaban J connectivity index is 2.18. The minimum atomic E-state index is 0.360. The molecule has 0 aliphatic carbocycles. The van der Waals surface area contributed by atoms with Gasteiger partial charge in [0.2, 0.25) is 0 Å². The maximum Gasteiger partial charge on any atom is 0.124 e. The number of hydrogen-bond donors (Lipinski definition) is 1. The molecule has 0 bridgehead atoms. The van der Waals surface area contributed by atoms with Crippen LogP contribution < -0.4 is 10.1 Å². The summed E-state index contributed by atoms with van der Waals surface area (Å²) in [7, 11) is 0. The Kier molecular flexibility index (Phi) is 5.26. The molecule has 0 radical (unpaired) electrons. The van der Waals surface area contributed by atoms with E-state index in [-0.39, 0.29) is 0 Å². The van der Waals surface area contributed by atoms with E-state index < -0.39 is 0 Å². The first-order chi connectivity index (χ1) is 9.30. The van der Waals surface area contributed by atoms with Gasteiger partial charge in [0, 0.05) is 18.0 Å². The molecule has 2 atom stereocenters. The van der Waals surface area contributed by atoms with Crippen molar-refractivity contribution < 1.29 is 4.74 Å². The van der Waals surface area contributed by atoms with E-state index in [4.69, 9.17) is 4.74 Å². The van der Waals surface area contributed by atoms with Gasteiger partial charge < -0.3 is 10.1 Å². The molecule has 106 valence electrons. The summed E-state index contributed by atoms with van der Waals surface area (Å²) in [6.45, 7) is 7.84. The summed E-state index contributed by atoms with van der Waals surface area (Å²) in [6, 6.07) is 8.96. The first-order valence-corrected chi connectivity index (χ1v) is 7.79. The van der Waals surface area contributed by atoms with Crippen molar-refractivity contribution in [2.24, 2.45) is 5.92 Å². The van der Waals surface area contributed by atoms with Gasteiger partial charge >= 0.3 is 0 Å². The summed E-state index contributed by atoms with van der Waals surface area (Å²) in [4.78, 5) is 0. The van der Waals surface area contributed by atoms with Crippen molar-refractivity contribution in [3.05, 3.63) is 29.8 Å². The van der Waals surface area contributed by atoms with Crippen molar-refractivity contribution in [2.75, 3.05) is 6.54 Å². The fraction of sp³-hybridized carbons (Fsp3) is 0.647. The molecule has 2 heteroatoms. The summed E-state index contributed by atoms with van der Waals surface area (Å²) in [5, 5.41) is 3.68. The van der Waals surface area contributed by atoms with Gasteiger partial charge in [0.15, 0.2) is 0 Å². The molecule has 0 amide bonds. The topological polar surface area (TPSA) is 21.3 Å². The number of fused-ring (bicyclic) bond motifs is 1. The molecule has 1 aromatic rings. The molecular weight excluding hydrogens is 234 g/mol. The molecule has 19 heavy (non-hydrogen) atoms. The molecule has 0 fully saturated rings. The highest BCUT2D eigenvalue weighted by Crippen LogP contribution is 2.37. The monoisotopic (exact) mass is 261 g/mol. The lowest BCUT2D eigenvalue weighted by atomic mass is 9.87. The van der Waals surface area contributed by atoms with E-state index in [1.54, 1.807) is 0 Å². The lowest BCUT2D eigenvalue weighted by molar-refractivity contribution is 0.0880. The van der Waals surface area contributed by atoms with Crippen molar-refractivity contribution in [1.82, 2.24) is 5.32 Å². The third-order valence-corrected chi connectivity index (χ3v) is 4.26. The Bertz CT molecular complexity index is 387. The highest BCUT2D eigenvalue weighted by Gasteiger charge is 2.31. The van der Waals surface area contributed by atoms with E-state index in [2.05, 4.69) is 50.4 Å². The van der Waals surface area contributed by atoms with Crippen LogP contribution in [-0.2, 0) is 0 Å². The Morgan fingerprint density at radius 2 is 1.95 bits per heavy atom. The van der Waals surface area contributed by atoms with Gasteiger partial charge in [-0.3, -0.25) is 0 Å². The van der Waals surface area contributed by atoms with Crippen LogP contribution in [0.4, 0.5) is 0 Å². The standard InChI is InChI=1S/C17H27NO/c1-4-11-18-15-12-17(13(5-2)6-3)19-16-10-8-7-9-14(15)16/h7-10,13,15,17-18H,4-6,11-12H2,1-3H3. The fourth-order valence-electron chi connectivity index (χ4n) is 3.06. The van der Waals surface area contributed by atoms with Crippen LogP contribution in [0.3, 0.4) is 0 Å². The zero-order valence-corrected chi connectivity index (χ0v) is 12.5. The van der Waals surface area contributed by atoms with Gasteiger partial charge in [-0.15, -0.1) is 0 Å². The number of benzene rings is 1. The van der Waals surface area contributed by atoms with Crippen LogP contribution in [-0.4, -0.2) is 12.6 Å². The summed E-state index contributed by atoms with van der Waals surface area (Å²) in [5.74, 6) is 1.75. The normalized spacial score (nSPS) is 22.1. The van der Waals surface area contributed by atoms with Crippen LogP contribution in [0.25, 0.3) is 0 Å². The number of hydrogen-bond acceptors (Lipinski definition) is 2. The zero-order chi connectivity index (χ0) is 13.7. The van der Waals surface area contributed by atoms with Crippen molar-refractivity contribution in [3.8, 4) is 5.75 Å². The lowest BCUT2D eigenvalue weighted by Crippen LogP contribution is -2.37. The molecule has 1 N–H and O–H groups in total. The highest BCUT2D eigenvalue weighted by molar-refractivity contribution is 5.38. The molecule has 1 aromatic carbocycles. The Hall–Kier alpha value is -1.02. The predicted octanol–water partition coefficient (Wildman–Crippen LogP) is 4.31. The second-order valence-electron chi connectivity index (χ2n) is 5.51. The second kappa shape index (κ2) is 6.95. The van der Waals surface area contributed by atoms with Crippen LogP contribution in [0.1, 0.15) is 58.1 Å². The number of rotatable bonds is 6. The fourth-order valence-corrected chi connectivity index (χ4v) is 3.06. The minimum Gasteiger partial charge on any atom is -0.490 e. The van der Waals surface area contributed by atoms with Gasteiger partial charge in [0.05, 0.1) is 0 Å². The third kappa shape index (κ3) is 3.30. The maximum atomic E-state index is 6.25. The molecule has 2 rings (SSSR count). The van der Waals surface area contributed by atoms with Crippen molar-refractivity contribution in [2.45, 2.75) is 58.6 Å². The molecule has 1 aliphatic heterocycles. The van der Waals surface area contributed by atoms with E-state index >= 15 is 0 Å². The molecule has 2 unspecified atom stereocenters. The largest absolute Gasteiger partial charge is 0.490 e. The van der Waals surface area contributed by atoms with Crippen molar-refractivity contribution in [1.29, 1.82) is 0 Å². The lowest BCUT2D eigenvalue weighted by Gasteiger charge is -2.36. The predicted molar refractivity (Wildman–Crippen MR) is 80.6 cm³/mol. The third-order valence-electron chi connectivity index (χ3n) is 4.26. The average molecular weight is 261 g/mol. The van der Waals surface area contributed by atoms with Gasteiger partial charge in [0.25, 0.3) is 0 Å². The Morgan fingerprint density at radius 3 is 2.63 bits per heavy atom. The minimum absolute atomic E-state index is 0.360. The summed E-state index contributed by atoms with van der Waals surface area (Å²) >= 11 is 0. The molecule has 1 aliphatic rings. The van der Waals surface area contributed by atoms with Crippen LogP contribution in [0.15, 0.2) is 24.3 Å². The smallest absolute Gasteiger partial charge is 0.124 e. The molecular formula is C17H27NO. The van der Waals surface area contributed by atoms with Gasteiger partial charge in [-0.2, -0.15) is 0 Å². The molecule has 0 saturated carbocycles. The van der Waals surface area contributed by atoms with Gasteiger partial charge in [-0.25, -0.2) is 0 Å². The summed E-state index contributed by atoms with van der Waals surface area (Å²) in [6.07, 6.45) is 5.03. The van der Waals surface area contributed by atoms with Crippen LogP contribution in [0, 0.1) is 5.92 Å². The average Bonchev–Trinajstić information content (AvgIpc) is 2.46. The SMILES string of the molecule is CCCNC1CC(C(CC)CC)Oc2ccccc21. The molecule has 0 saturated heterocycles. The Labute approximate surface area is 117 Å². The first kappa shape index (κ1) is 14.4. The van der Waals surface area contributed by atoms with E-state index in [1.807, 2.05) is 0 Å². The van der Waals surface area contributed by atoms with Crippen LogP contribution in [0.5, 0.6) is 5.75 Å². The highest BCUT2D eigenvalue weighted by atomic mass is 16.5. The quantitative estimate of drug-likeness (QED) is 0.823. The van der Waals surface area contributed by atoms with E-state index in [0.717, 1.165) is 18.7 Å². The molecule has 0 spiro atoms. The number of ether oxygens (including phenoxy) is 1. The van der Waals surface area contributed by atoms with E-state index in [0.29, 0.717) is 18.1 Å². The maximum absolute atomic E-state index is 6.25. The Morgan fingerprint density at radius 1 is 1.21 bits per heavy atom. The molecule has 0 aromatic heterocycles. The van der Waals surface area contributed by atoms with Crippen molar-refractivity contribution in [3.63, 3.8) is 0 Å². The zero-order valence-electron chi connectivity index (χ0n) is 12.5. The molecule has 2 nitrogen and oxygen atoms in total.